The molecule has 2 heterocycles. The zero-order chi connectivity index (χ0) is 9.42. The highest BCUT2D eigenvalue weighted by molar-refractivity contribution is 7.17. The van der Waals surface area contributed by atoms with Gasteiger partial charge in [0.25, 0.3) is 5.91 Å². The van der Waals surface area contributed by atoms with E-state index in [0.717, 1.165) is 0 Å². The molecule has 0 bridgehead atoms. The zero-order valence-corrected chi connectivity index (χ0v) is 7.89. The maximum absolute atomic E-state index is 10.9. The van der Waals surface area contributed by atoms with Gasteiger partial charge in [-0.1, -0.05) is 11.6 Å². The van der Waals surface area contributed by atoms with Crippen LogP contribution >= 0.6 is 22.9 Å². The molecule has 0 saturated carbocycles. The first-order valence-electron chi connectivity index (χ1n) is 3.37. The molecule has 2 aromatic heterocycles. The van der Waals surface area contributed by atoms with Gasteiger partial charge in [-0.05, 0) is 0 Å². The van der Waals surface area contributed by atoms with E-state index in [2.05, 4.69) is 9.97 Å². The number of rotatable bonds is 1. The molecule has 4 nitrogen and oxygen atoms in total. The first-order chi connectivity index (χ1) is 6.20. The molecule has 2 aromatic rings. The lowest BCUT2D eigenvalue weighted by molar-refractivity contribution is 0.0997. The summed E-state index contributed by atoms with van der Waals surface area (Å²) in [7, 11) is 0. The second kappa shape index (κ2) is 2.93. The Morgan fingerprint density at radius 2 is 2.31 bits per heavy atom. The highest BCUT2D eigenvalue weighted by Gasteiger charge is 2.12. The van der Waals surface area contributed by atoms with Crippen LogP contribution in [-0.4, -0.2) is 15.9 Å². The molecule has 1 amide bonds. The number of pyridine rings is 1. The summed E-state index contributed by atoms with van der Waals surface area (Å²) in [5.74, 6) is -0.564. The van der Waals surface area contributed by atoms with Crippen LogP contribution in [0.25, 0.3) is 10.2 Å². The molecule has 0 spiro atoms. The topological polar surface area (TPSA) is 68.9 Å². The van der Waals surface area contributed by atoms with Crippen molar-refractivity contribution in [3.63, 3.8) is 0 Å². The second-order valence-corrected chi connectivity index (χ2v) is 3.61. The smallest absolute Gasteiger partial charge is 0.268 e. The predicted molar refractivity (Wildman–Crippen MR) is 50.9 cm³/mol. The molecule has 0 unspecified atom stereocenters. The van der Waals surface area contributed by atoms with Crippen molar-refractivity contribution in [3.8, 4) is 0 Å². The summed E-state index contributed by atoms with van der Waals surface area (Å²) in [4.78, 5) is 18.8. The molecule has 0 fully saturated rings. The maximum atomic E-state index is 10.9. The summed E-state index contributed by atoms with van der Waals surface area (Å²) in [6, 6.07) is 0. The van der Waals surface area contributed by atoms with Gasteiger partial charge in [-0.25, -0.2) is 9.97 Å². The highest BCUT2D eigenvalue weighted by atomic mass is 35.5. The van der Waals surface area contributed by atoms with Crippen LogP contribution in [0.4, 0.5) is 0 Å². The minimum Gasteiger partial charge on any atom is -0.364 e. The predicted octanol–water partition coefficient (Wildman–Crippen LogP) is 1.44. The SMILES string of the molecule is NC(=O)c1ncc(Cl)c2ncsc12. The van der Waals surface area contributed by atoms with Crippen molar-refractivity contribution in [3.05, 3.63) is 22.4 Å². The molecule has 0 aromatic carbocycles. The van der Waals surface area contributed by atoms with Gasteiger partial charge in [-0.2, -0.15) is 0 Å². The summed E-state index contributed by atoms with van der Waals surface area (Å²) in [5, 5.41) is 0.432. The molecule has 2 rings (SSSR count). The van der Waals surface area contributed by atoms with Gasteiger partial charge in [0.1, 0.15) is 11.2 Å². The molecule has 0 atom stereocenters. The third-order valence-electron chi connectivity index (χ3n) is 1.55. The minimum absolute atomic E-state index is 0.224. The molecule has 6 heteroatoms. The molecule has 13 heavy (non-hydrogen) atoms. The molecule has 0 radical (unpaired) electrons. The van der Waals surface area contributed by atoms with Crippen molar-refractivity contribution >= 4 is 39.1 Å². The lowest BCUT2D eigenvalue weighted by Gasteiger charge is -1.96. The number of nitrogens with two attached hydrogens (primary N) is 1. The van der Waals surface area contributed by atoms with E-state index in [-0.39, 0.29) is 5.69 Å². The Morgan fingerprint density at radius 1 is 1.54 bits per heavy atom. The maximum Gasteiger partial charge on any atom is 0.268 e. The Labute approximate surface area is 82.4 Å². The van der Waals surface area contributed by atoms with Gasteiger partial charge in [-0.3, -0.25) is 4.79 Å². The highest BCUT2D eigenvalue weighted by Crippen LogP contribution is 2.26. The van der Waals surface area contributed by atoms with E-state index in [1.807, 2.05) is 0 Å². The Balaban J connectivity index is 2.86. The van der Waals surface area contributed by atoms with Gasteiger partial charge in [0.05, 0.1) is 15.2 Å². The molecule has 0 aliphatic heterocycles. The Hall–Kier alpha value is -1.20. The first-order valence-corrected chi connectivity index (χ1v) is 4.63. The molecule has 2 N–H and O–H groups in total. The van der Waals surface area contributed by atoms with Crippen molar-refractivity contribution in [2.45, 2.75) is 0 Å². The van der Waals surface area contributed by atoms with Crippen LogP contribution in [0.15, 0.2) is 11.7 Å². The van der Waals surface area contributed by atoms with Crippen molar-refractivity contribution in [2.75, 3.05) is 0 Å². The van der Waals surface area contributed by atoms with E-state index in [9.17, 15) is 4.79 Å². The largest absolute Gasteiger partial charge is 0.364 e. The summed E-state index contributed by atoms with van der Waals surface area (Å²) in [6.45, 7) is 0. The summed E-state index contributed by atoms with van der Waals surface area (Å²) < 4.78 is 0.639. The number of amides is 1. The van der Waals surface area contributed by atoms with E-state index in [1.165, 1.54) is 17.5 Å². The van der Waals surface area contributed by atoms with Crippen molar-refractivity contribution < 1.29 is 4.79 Å². The summed E-state index contributed by atoms with van der Waals surface area (Å²) >= 11 is 7.10. The number of carbonyl (C=O) groups is 1. The van der Waals surface area contributed by atoms with E-state index < -0.39 is 5.91 Å². The quantitative estimate of drug-likeness (QED) is 0.780. The molecular weight excluding hydrogens is 210 g/mol. The van der Waals surface area contributed by atoms with Crippen molar-refractivity contribution in [1.29, 1.82) is 0 Å². The van der Waals surface area contributed by atoms with Crippen molar-refractivity contribution in [1.82, 2.24) is 9.97 Å². The number of nitrogens with zero attached hydrogens (tertiary/aromatic N) is 2. The number of hydrogen-bond acceptors (Lipinski definition) is 4. The number of primary amides is 1. The minimum atomic E-state index is -0.564. The molecular formula is C7H4ClN3OS. The van der Waals surface area contributed by atoms with E-state index in [1.54, 1.807) is 5.51 Å². The van der Waals surface area contributed by atoms with Crippen LogP contribution < -0.4 is 5.73 Å². The fourth-order valence-corrected chi connectivity index (χ4v) is 2.05. The van der Waals surface area contributed by atoms with E-state index >= 15 is 0 Å². The Bertz CT molecular complexity index is 482. The van der Waals surface area contributed by atoms with Crippen LogP contribution in [0.2, 0.25) is 5.02 Å². The van der Waals surface area contributed by atoms with Gasteiger partial charge in [0, 0.05) is 6.20 Å². The van der Waals surface area contributed by atoms with Crippen LogP contribution in [0, 0.1) is 0 Å². The normalized spacial score (nSPS) is 10.5. The van der Waals surface area contributed by atoms with Gasteiger partial charge in [0.15, 0.2) is 0 Å². The van der Waals surface area contributed by atoms with Crippen LogP contribution in [0.5, 0.6) is 0 Å². The summed E-state index contributed by atoms with van der Waals surface area (Å²) in [6.07, 6.45) is 1.38. The molecule has 0 aliphatic carbocycles. The standard InChI is InChI=1S/C7H4ClN3OS/c8-3-1-10-5(7(9)12)6-4(3)11-2-13-6/h1-2H,(H2,9,12). The summed E-state index contributed by atoms with van der Waals surface area (Å²) in [5.41, 5.74) is 7.53. The zero-order valence-electron chi connectivity index (χ0n) is 6.32. The number of carbonyl (C=O) groups excluding carboxylic acids is 1. The molecule has 0 saturated heterocycles. The van der Waals surface area contributed by atoms with Gasteiger partial charge in [0.2, 0.25) is 0 Å². The van der Waals surface area contributed by atoms with Gasteiger partial charge < -0.3 is 5.73 Å². The Morgan fingerprint density at radius 3 is 3.00 bits per heavy atom. The molecule has 0 aliphatic rings. The van der Waals surface area contributed by atoms with Gasteiger partial charge in [-0.15, -0.1) is 11.3 Å². The number of fused-ring (bicyclic) bond motifs is 1. The van der Waals surface area contributed by atoms with Crippen molar-refractivity contribution in [2.24, 2.45) is 5.73 Å². The average molecular weight is 214 g/mol. The number of halogens is 1. The fourth-order valence-electron chi connectivity index (χ4n) is 1.00. The number of thiazole rings is 1. The van der Waals surface area contributed by atoms with Crippen LogP contribution in [0.3, 0.4) is 0 Å². The second-order valence-electron chi connectivity index (χ2n) is 2.35. The molecule has 66 valence electrons. The third-order valence-corrected chi connectivity index (χ3v) is 2.66. The average Bonchev–Trinajstić information content (AvgIpc) is 2.53. The first kappa shape index (κ1) is 8.40. The number of hydrogen-bond donors (Lipinski definition) is 1. The third kappa shape index (κ3) is 1.26. The van der Waals surface area contributed by atoms with E-state index in [4.69, 9.17) is 17.3 Å². The van der Waals surface area contributed by atoms with Gasteiger partial charge >= 0.3 is 0 Å². The number of aromatic nitrogens is 2. The lowest BCUT2D eigenvalue weighted by Crippen LogP contribution is -2.12. The van der Waals surface area contributed by atoms with E-state index in [0.29, 0.717) is 15.2 Å². The fraction of sp³-hybridized carbons (Fsp3) is 0. The lowest BCUT2D eigenvalue weighted by atomic mass is 10.3. The Kier molecular flexibility index (Phi) is 1.90. The monoisotopic (exact) mass is 213 g/mol. The van der Waals surface area contributed by atoms with Crippen LogP contribution in [0.1, 0.15) is 10.5 Å². The van der Waals surface area contributed by atoms with Crippen LogP contribution in [-0.2, 0) is 0 Å².